The van der Waals surface area contributed by atoms with Crippen LogP contribution in [0.25, 0.3) is 0 Å². The van der Waals surface area contributed by atoms with E-state index < -0.39 is 50.6 Å². The quantitative estimate of drug-likeness (QED) is 0.321. The van der Waals surface area contributed by atoms with E-state index in [-0.39, 0.29) is 0 Å². The molecule has 0 fully saturated rings. The molecule has 0 aliphatic rings. The van der Waals surface area contributed by atoms with Crippen LogP contribution in [0.5, 0.6) is 0 Å². The summed E-state index contributed by atoms with van der Waals surface area (Å²) in [6.07, 6.45) is -9.06. The SMILES string of the molecule is CCN(CC)[Si](C)(C)CCC(F)(F)C(F)(F)C(F)(F)C(F)(F)C(F)(F)F. The molecule has 0 unspecified atom stereocenters. The van der Waals surface area contributed by atoms with Gasteiger partial charge in [-0.05, 0) is 19.1 Å². The fourth-order valence-corrected chi connectivity index (χ4v) is 5.42. The largest absolute Gasteiger partial charge is 0.460 e. The zero-order valence-electron chi connectivity index (χ0n) is 14.4. The predicted octanol–water partition coefficient (Wildman–Crippen LogP) is 6.03. The predicted molar refractivity (Wildman–Crippen MR) is 75.7 cm³/mol. The van der Waals surface area contributed by atoms with Crippen molar-refractivity contribution in [2.24, 2.45) is 0 Å². The van der Waals surface area contributed by atoms with Crippen molar-refractivity contribution in [1.29, 1.82) is 0 Å². The molecule has 0 atom stereocenters. The first kappa shape index (κ1) is 25.4. The Kier molecular flexibility index (Phi) is 7.27. The molecule has 158 valence electrons. The Bertz CT molecular complexity index is 469. The van der Waals surface area contributed by atoms with E-state index in [1.807, 2.05) is 0 Å². The fraction of sp³-hybridized carbons (Fsp3) is 1.00. The molecule has 0 bridgehead atoms. The highest BCUT2D eigenvalue weighted by molar-refractivity contribution is 6.74. The maximum Gasteiger partial charge on any atom is 0.460 e. The molecule has 1 nitrogen and oxygen atoms in total. The van der Waals surface area contributed by atoms with Gasteiger partial charge in [0.25, 0.3) is 0 Å². The van der Waals surface area contributed by atoms with Crippen LogP contribution in [-0.4, -0.2) is 55.8 Å². The van der Waals surface area contributed by atoms with Crippen LogP contribution in [0.3, 0.4) is 0 Å². The summed E-state index contributed by atoms with van der Waals surface area (Å²) < 4.78 is 144. The molecule has 0 amide bonds. The maximum atomic E-state index is 13.7. The maximum absolute atomic E-state index is 13.7. The molecule has 0 N–H and O–H groups in total. The lowest BCUT2D eigenvalue weighted by molar-refractivity contribution is -0.422. The first-order valence-corrected chi connectivity index (χ1v) is 10.7. The third-order valence-electron chi connectivity index (χ3n) is 4.27. The van der Waals surface area contributed by atoms with Crippen LogP contribution >= 0.6 is 0 Å². The monoisotopic (exact) mass is 427 g/mol. The molecular formula is C13H20F11NSi. The van der Waals surface area contributed by atoms with Gasteiger partial charge in [0.1, 0.15) is 8.24 Å². The van der Waals surface area contributed by atoms with Gasteiger partial charge in [0.2, 0.25) is 0 Å². The van der Waals surface area contributed by atoms with Crippen LogP contribution in [0.1, 0.15) is 20.3 Å². The number of hydrogen-bond donors (Lipinski definition) is 0. The van der Waals surface area contributed by atoms with Crippen molar-refractivity contribution in [3.05, 3.63) is 0 Å². The number of alkyl halides is 11. The van der Waals surface area contributed by atoms with Crippen molar-refractivity contribution < 1.29 is 48.3 Å². The first-order valence-electron chi connectivity index (χ1n) is 7.56. The van der Waals surface area contributed by atoms with E-state index in [1.54, 1.807) is 18.4 Å². The van der Waals surface area contributed by atoms with Gasteiger partial charge in [0, 0.05) is 6.42 Å². The van der Waals surface area contributed by atoms with Gasteiger partial charge in [-0.2, -0.15) is 48.3 Å². The van der Waals surface area contributed by atoms with E-state index >= 15 is 0 Å². The molecule has 0 heterocycles. The molecule has 0 aromatic rings. The van der Waals surface area contributed by atoms with Gasteiger partial charge in [-0.15, -0.1) is 0 Å². The molecule has 0 aliphatic carbocycles. The van der Waals surface area contributed by atoms with Gasteiger partial charge in [-0.25, -0.2) is 0 Å². The Morgan fingerprint density at radius 2 is 1.04 bits per heavy atom. The van der Waals surface area contributed by atoms with E-state index in [0.29, 0.717) is 13.1 Å². The van der Waals surface area contributed by atoms with Crippen LogP contribution in [0.4, 0.5) is 48.3 Å². The minimum Gasteiger partial charge on any atom is -0.324 e. The average molecular weight is 427 g/mol. The lowest BCUT2D eigenvalue weighted by Gasteiger charge is -2.40. The summed E-state index contributed by atoms with van der Waals surface area (Å²) >= 11 is 0. The van der Waals surface area contributed by atoms with Crippen LogP contribution in [-0.2, 0) is 0 Å². The number of nitrogens with zero attached hydrogens (tertiary/aromatic N) is 1. The van der Waals surface area contributed by atoms with Gasteiger partial charge < -0.3 is 4.57 Å². The third kappa shape index (κ3) is 4.28. The van der Waals surface area contributed by atoms with Gasteiger partial charge in [0.15, 0.2) is 0 Å². The molecule has 0 aromatic heterocycles. The highest BCUT2D eigenvalue weighted by Gasteiger charge is 2.86. The lowest BCUT2D eigenvalue weighted by atomic mass is 9.96. The second kappa shape index (κ2) is 7.44. The van der Waals surface area contributed by atoms with Crippen molar-refractivity contribution in [3.63, 3.8) is 0 Å². The first-order chi connectivity index (χ1) is 11.2. The smallest absolute Gasteiger partial charge is 0.324 e. The van der Waals surface area contributed by atoms with E-state index in [4.69, 9.17) is 0 Å². The average Bonchev–Trinajstić information content (AvgIpc) is 2.44. The Balaban J connectivity index is 5.69. The molecule has 0 aliphatic heterocycles. The fourth-order valence-electron chi connectivity index (χ4n) is 2.46. The topological polar surface area (TPSA) is 3.24 Å². The highest BCUT2D eigenvalue weighted by atomic mass is 28.3. The van der Waals surface area contributed by atoms with Crippen LogP contribution in [0.15, 0.2) is 0 Å². The Morgan fingerprint density at radius 3 is 1.35 bits per heavy atom. The van der Waals surface area contributed by atoms with Crippen molar-refractivity contribution in [2.75, 3.05) is 13.1 Å². The summed E-state index contributed by atoms with van der Waals surface area (Å²) in [5, 5.41) is 0. The summed E-state index contributed by atoms with van der Waals surface area (Å²) in [6.45, 7) is 6.92. The van der Waals surface area contributed by atoms with Crippen LogP contribution in [0.2, 0.25) is 19.1 Å². The standard InChI is InChI=1S/C13H20F11NSi/c1-5-25(6-2)26(3,4)8-7-9(14,15)10(16,17)11(18,19)12(20,21)13(22,23)24/h5-8H2,1-4H3. The van der Waals surface area contributed by atoms with Gasteiger partial charge >= 0.3 is 29.9 Å². The van der Waals surface area contributed by atoms with Gasteiger partial charge in [-0.3, -0.25) is 0 Å². The Morgan fingerprint density at radius 1 is 0.654 bits per heavy atom. The summed E-state index contributed by atoms with van der Waals surface area (Å²) in [4.78, 5) is 0. The normalized spacial score (nSPS) is 15.7. The molecule has 26 heavy (non-hydrogen) atoms. The molecule has 0 rings (SSSR count). The molecule has 13 heteroatoms. The second-order valence-electron chi connectivity index (χ2n) is 6.41. The van der Waals surface area contributed by atoms with E-state index in [0.717, 1.165) is 0 Å². The zero-order chi connectivity index (χ0) is 21.4. The minimum absolute atomic E-state index is 0.347. The van der Waals surface area contributed by atoms with E-state index in [9.17, 15) is 48.3 Å². The van der Waals surface area contributed by atoms with E-state index in [1.165, 1.54) is 13.1 Å². The van der Waals surface area contributed by atoms with Crippen molar-refractivity contribution in [2.45, 2.75) is 69.3 Å². The number of halogens is 11. The molecule has 0 aromatic carbocycles. The number of hydrogen-bond acceptors (Lipinski definition) is 1. The zero-order valence-corrected chi connectivity index (χ0v) is 15.4. The molecular weight excluding hydrogens is 407 g/mol. The molecule has 0 radical (unpaired) electrons. The molecule has 0 spiro atoms. The summed E-state index contributed by atoms with van der Waals surface area (Å²) in [5.41, 5.74) is 0. The molecule has 0 saturated carbocycles. The summed E-state index contributed by atoms with van der Waals surface area (Å²) in [6, 6.07) is -0.703. The number of rotatable bonds is 9. The summed E-state index contributed by atoms with van der Waals surface area (Å²) in [5.74, 6) is -27.3. The van der Waals surface area contributed by atoms with Crippen molar-refractivity contribution in [1.82, 2.24) is 4.57 Å². The van der Waals surface area contributed by atoms with Gasteiger partial charge in [0.05, 0.1) is 0 Å². The van der Waals surface area contributed by atoms with E-state index in [2.05, 4.69) is 0 Å². The minimum atomic E-state index is -7.32. The summed E-state index contributed by atoms with van der Waals surface area (Å²) in [7, 11) is -2.80. The lowest BCUT2D eigenvalue weighted by Crippen LogP contribution is -2.66. The van der Waals surface area contributed by atoms with Crippen molar-refractivity contribution in [3.8, 4) is 0 Å². The Labute approximate surface area is 144 Å². The molecule has 0 saturated heterocycles. The second-order valence-corrected chi connectivity index (χ2v) is 11.2. The Hall–Kier alpha value is -0.593. The third-order valence-corrected chi connectivity index (χ3v) is 8.09. The van der Waals surface area contributed by atoms with Crippen LogP contribution < -0.4 is 0 Å². The van der Waals surface area contributed by atoms with Gasteiger partial charge in [-0.1, -0.05) is 26.9 Å². The van der Waals surface area contributed by atoms with Crippen LogP contribution in [0, 0.1) is 0 Å². The van der Waals surface area contributed by atoms with Crippen molar-refractivity contribution >= 4 is 8.24 Å². The highest BCUT2D eigenvalue weighted by Crippen LogP contribution is 2.58.